The first-order valence-electron chi connectivity index (χ1n) is 11.2. The van der Waals surface area contributed by atoms with Gasteiger partial charge in [-0.15, -0.1) is 0 Å². The van der Waals surface area contributed by atoms with Crippen LogP contribution in [0.3, 0.4) is 0 Å². The van der Waals surface area contributed by atoms with Crippen LogP contribution in [0.25, 0.3) is 21.7 Å². The zero-order chi connectivity index (χ0) is 24.2. The van der Waals surface area contributed by atoms with Gasteiger partial charge in [0.05, 0.1) is 0 Å². The summed E-state index contributed by atoms with van der Waals surface area (Å²) >= 11 is 0. The molecule has 5 rings (SSSR count). The molecule has 1 aromatic heterocycles. The van der Waals surface area contributed by atoms with Gasteiger partial charge in [-0.2, -0.15) is 0 Å². The van der Waals surface area contributed by atoms with Gasteiger partial charge in [-0.25, -0.2) is 0 Å². The van der Waals surface area contributed by atoms with E-state index in [1.807, 2.05) is 60.7 Å². The fourth-order valence-electron chi connectivity index (χ4n) is 4.08. The number of hydrogen-bond acceptors (Lipinski definition) is 4. The minimum absolute atomic E-state index is 0.345. The first-order valence-corrected chi connectivity index (χ1v) is 11.2. The molecule has 1 atom stereocenters. The van der Waals surface area contributed by atoms with E-state index in [2.05, 4.69) is 10.3 Å². The molecular formula is C29H22N2O4. The van der Waals surface area contributed by atoms with Gasteiger partial charge in [0.15, 0.2) is 6.10 Å². The predicted molar refractivity (Wildman–Crippen MR) is 134 cm³/mol. The lowest BCUT2D eigenvalue weighted by atomic mass is 9.99. The summed E-state index contributed by atoms with van der Waals surface area (Å²) in [5.74, 6) is -1.45. The summed E-state index contributed by atoms with van der Waals surface area (Å²) in [6, 6.07) is 29.3. The van der Waals surface area contributed by atoms with E-state index in [9.17, 15) is 14.4 Å². The topological polar surface area (TPSA) is 88.3 Å². The van der Waals surface area contributed by atoms with Crippen LogP contribution in [-0.4, -0.2) is 29.2 Å². The number of Topliss-reactive ketones (excluding diaryl/α,β-unsaturated/α-hetero) is 1. The van der Waals surface area contributed by atoms with Crippen molar-refractivity contribution in [2.75, 3.05) is 6.54 Å². The number of benzene rings is 4. The lowest BCUT2D eigenvalue weighted by molar-refractivity contribution is -0.146. The number of carbonyl (C=O) groups is 3. The maximum absolute atomic E-state index is 13.5. The van der Waals surface area contributed by atoms with Gasteiger partial charge in [0.1, 0.15) is 6.54 Å². The largest absolute Gasteiger partial charge is 0.448 e. The zero-order valence-corrected chi connectivity index (χ0v) is 18.7. The molecule has 0 bridgehead atoms. The number of fused-ring (bicyclic) bond motifs is 2. The predicted octanol–water partition coefficient (Wildman–Crippen LogP) is 5.22. The second-order valence-corrected chi connectivity index (χ2v) is 8.14. The van der Waals surface area contributed by atoms with E-state index < -0.39 is 18.0 Å². The maximum atomic E-state index is 13.5. The number of ketones is 1. The highest BCUT2D eigenvalue weighted by Crippen LogP contribution is 2.27. The van der Waals surface area contributed by atoms with Gasteiger partial charge in [-0.05, 0) is 29.0 Å². The second-order valence-electron chi connectivity index (χ2n) is 8.14. The Morgan fingerprint density at radius 3 is 2.34 bits per heavy atom. The normalized spacial score (nSPS) is 11.8. The van der Waals surface area contributed by atoms with Crippen LogP contribution in [0.5, 0.6) is 0 Å². The number of para-hydroxylation sites is 1. The lowest BCUT2D eigenvalue weighted by Crippen LogP contribution is -2.32. The maximum Gasteiger partial charge on any atom is 0.326 e. The van der Waals surface area contributed by atoms with Gasteiger partial charge < -0.3 is 15.0 Å². The smallest absolute Gasteiger partial charge is 0.326 e. The number of esters is 1. The van der Waals surface area contributed by atoms with Crippen molar-refractivity contribution in [3.8, 4) is 0 Å². The fraction of sp³-hybridized carbons (Fsp3) is 0.0690. The molecule has 4 aromatic carbocycles. The van der Waals surface area contributed by atoms with Gasteiger partial charge in [0.25, 0.3) is 5.91 Å². The van der Waals surface area contributed by atoms with Crippen molar-refractivity contribution < 1.29 is 19.1 Å². The summed E-state index contributed by atoms with van der Waals surface area (Å²) in [4.78, 5) is 41.9. The number of rotatable bonds is 7. The van der Waals surface area contributed by atoms with Gasteiger partial charge in [-0.1, -0.05) is 78.9 Å². The van der Waals surface area contributed by atoms with Crippen LogP contribution in [0, 0.1) is 0 Å². The standard InChI is InChI=1S/C29H22N2O4/c32-26(18-31-29(34)22-15-14-19-8-4-5-11-21(19)16-22)35-28(20-9-2-1-3-10-20)27(33)24-17-30-25-13-7-6-12-23(24)25/h1-17,28,30H,18H2,(H,31,34). The van der Waals surface area contributed by atoms with E-state index >= 15 is 0 Å². The summed E-state index contributed by atoms with van der Waals surface area (Å²) in [5, 5.41) is 5.29. The van der Waals surface area contributed by atoms with E-state index in [0.29, 0.717) is 16.7 Å². The number of nitrogens with one attached hydrogen (secondary N) is 2. The molecule has 0 saturated heterocycles. The highest BCUT2D eigenvalue weighted by Gasteiger charge is 2.28. The Bertz CT molecular complexity index is 1540. The van der Waals surface area contributed by atoms with E-state index in [0.717, 1.165) is 21.7 Å². The number of amides is 1. The van der Waals surface area contributed by atoms with E-state index in [1.54, 1.807) is 42.6 Å². The van der Waals surface area contributed by atoms with Crippen molar-refractivity contribution in [3.05, 3.63) is 120 Å². The van der Waals surface area contributed by atoms with Crippen LogP contribution >= 0.6 is 0 Å². The number of carbonyl (C=O) groups excluding carboxylic acids is 3. The van der Waals surface area contributed by atoms with E-state index in [-0.39, 0.29) is 12.3 Å². The second kappa shape index (κ2) is 9.65. The van der Waals surface area contributed by atoms with Crippen molar-refractivity contribution >= 4 is 39.3 Å². The summed E-state index contributed by atoms with van der Waals surface area (Å²) in [6.07, 6.45) is 0.485. The van der Waals surface area contributed by atoms with Crippen molar-refractivity contribution in [3.63, 3.8) is 0 Å². The Morgan fingerprint density at radius 1 is 0.800 bits per heavy atom. The molecule has 0 aliphatic carbocycles. The fourth-order valence-corrected chi connectivity index (χ4v) is 4.08. The highest BCUT2D eigenvalue weighted by molar-refractivity contribution is 6.10. The molecule has 0 aliphatic heterocycles. The molecule has 0 spiro atoms. The Kier molecular flexibility index (Phi) is 6.09. The Labute approximate surface area is 201 Å². The third kappa shape index (κ3) is 4.68. The Balaban J connectivity index is 1.32. The molecule has 0 aliphatic rings. The summed E-state index contributed by atoms with van der Waals surface area (Å²) in [7, 11) is 0. The minimum Gasteiger partial charge on any atom is -0.448 e. The summed E-state index contributed by atoms with van der Waals surface area (Å²) in [6.45, 7) is -0.365. The highest BCUT2D eigenvalue weighted by atomic mass is 16.5. The molecule has 6 nitrogen and oxygen atoms in total. The Morgan fingerprint density at radius 2 is 1.51 bits per heavy atom. The number of aromatic amines is 1. The van der Waals surface area contributed by atoms with Crippen LogP contribution < -0.4 is 5.32 Å². The Hall–Kier alpha value is -4.71. The van der Waals surface area contributed by atoms with Crippen molar-refractivity contribution in [2.45, 2.75) is 6.10 Å². The van der Waals surface area contributed by atoms with Crippen LogP contribution in [0.2, 0.25) is 0 Å². The monoisotopic (exact) mass is 462 g/mol. The number of aromatic nitrogens is 1. The van der Waals surface area contributed by atoms with Crippen LogP contribution in [0.15, 0.2) is 103 Å². The third-order valence-electron chi connectivity index (χ3n) is 5.85. The molecule has 0 saturated carbocycles. The first kappa shape index (κ1) is 22.1. The summed E-state index contributed by atoms with van der Waals surface area (Å²) < 4.78 is 5.61. The molecule has 5 aromatic rings. The quantitative estimate of drug-likeness (QED) is 0.256. The number of H-pyrrole nitrogens is 1. The van der Waals surface area contributed by atoms with E-state index in [4.69, 9.17) is 4.74 Å². The van der Waals surface area contributed by atoms with Crippen molar-refractivity contribution in [1.29, 1.82) is 0 Å². The molecule has 1 heterocycles. The molecular weight excluding hydrogens is 440 g/mol. The molecule has 0 radical (unpaired) electrons. The van der Waals surface area contributed by atoms with Crippen molar-refractivity contribution in [2.24, 2.45) is 0 Å². The van der Waals surface area contributed by atoms with Crippen LogP contribution in [0.4, 0.5) is 0 Å². The number of hydrogen-bond donors (Lipinski definition) is 2. The molecule has 1 unspecified atom stereocenters. The first-order chi connectivity index (χ1) is 17.1. The SMILES string of the molecule is O=C(CNC(=O)c1ccc2ccccc2c1)OC(C(=O)c1c[nH]c2ccccc12)c1ccccc1. The van der Waals surface area contributed by atoms with Crippen LogP contribution in [-0.2, 0) is 9.53 Å². The van der Waals surface area contributed by atoms with Gasteiger partial charge in [0, 0.05) is 33.8 Å². The van der Waals surface area contributed by atoms with Crippen LogP contribution in [0.1, 0.15) is 32.4 Å². The minimum atomic E-state index is -1.14. The molecule has 0 fully saturated rings. The van der Waals surface area contributed by atoms with Crippen molar-refractivity contribution in [1.82, 2.24) is 10.3 Å². The zero-order valence-electron chi connectivity index (χ0n) is 18.7. The summed E-state index contributed by atoms with van der Waals surface area (Å²) in [5.41, 5.74) is 2.24. The van der Waals surface area contributed by atoms with Gasteiger partial charge >= 0.3 is 5.97 Å². The average Bonchev–Trinajstić information content (AvgIpc) is 3.34. The molecule has 172 valence electrons. The molecule has 1 amide bonds. The van der Waals surface area contributed by atoms with Gasteiger partial charge in [0.2, 0.25) is 5.78 Å². The molecule has 35 heavy (non-hydrogen) atoms. The average molecular weight is 463 g/mol. The molecule has 6 heteroatoms. The third-order valence-corrected chi connectivity index (χ3v) is 5.85. The molecule has 2 N–H and O–H groups in total. The lowest BCUT2D eigenvalue weighted by Gasteiger charge is -2.17. The number of ether oxygens (including phenoxy) is 1. The van der Waals surface area contributed by atoms with Gasteiger partial charge in [-0.3, -0.25) is 14.4 Å². The van der Waals surface area contributed by atoms with E-state index in [1.165, 1.54) is 0 Å².